The van der Waals surface area contributed by atoms with Crippen LogP contribution in [0.2, 0.25) is 0 Å². The number of fused-ring (bicyclic) bond motifs is 1. The quantitative estimate of drug-likeness (QED) is 0.306. The summed E-state index contributed by atoms with van der Waals surface area (Å²) in [6, 6.07) is 17.9. The molecule has 1 N–H and O–H groups in total. The Balaban J connectivity index is 1.59. The molecule has 0 amide bonds. The Bertz CT molecular complexity index is 1320. The highest BCUT2D eigenvalue weighted by atomic mass is 16.6. The smallest absolute Gasteiger partial charge is 0.338 e. The molecule has 5 rings (SSSR count). The van der Waals surface area contributed by atoms with Gasteiger partial charge in [0.15, 0.2) is 0 Å². The minimum Gasteiger partial charge on any atom is -0.459 e. The van der Waals surface area contributed by atoms with E-state index in [-0.39, 0.29) is 5.92 Å². The van der Waals surface area contributed by atoms with Crippen molar-refractivity contribution in [1.82, 2.24) is 0 Å². The van der Waals surface area contributed by atoms with Gasteiger partial charge in [0, 0.05) is 13.0 Å². The van der Waals surface area contributed by atoms with Crippen molar-refractivity contribution in [3.8, 4) is 0 Å². The van der Waals surface area contributed by atoms with Crippen molar-refractivity contribution in [1.29, 1.82) is 0 Å². The summed E-state index contributed by atoms with van der Waals surface area (Å²) in [5.41, 5.74) is -2.25. The highest BCUT2D eigenvalue weighted by Crippen LogP contribution is 2.67. The molecule has 3 fully saturated rings. The van der Waals surface area contributed by atoms with Gasteiger partial charge >= 0.3 is 17.9 Å². The van der Waals surface area contributed by atoms with Crippen molar-refractivity contribution in [2.75, 3.05) is 0 Å². The predicted octanol–water partition coefficient (Wildman–Crippen LogP) is 4.74. The zero-order valence-corrected chi connectivity index (χ0v) is 24.1. The zero-order chi connectivity index (χ0) is 29.6. The van der Waals surface area contributed by atoms with Crippen molar-refractivity contribution in [2.24, 2.45) is 17.3 Å². The molecular weight excluding hydrogens is 524 g/mol. The van der Waals surface area contributed by atoms with Gasteiger partial charge < -0.3 is 24.1 Å². The van der Waals surface area contributed by atoms with E-state index in [0.717, 1.165) is 5.56 Å². The molecule has 1 heterocycles. The summed E-state index contributed by atoms with van der Waals surface area (Å²) < 4.78 is 25.1. The lowest BCUT2D eigenvalue weighted by atomic mass is 9.48. The second-order valence-electron chi connectivity index (χ2n) is 12.2. The van der Waals surface area contributed by atoms with E-state index < -0.39 is 64.9 Å². The Morgan fingerprint density at radius 1 is 0.902 bits per heavy atom. The molecule has 0 unspecified atom stereocenters. The Morgan fingerprint density at radius 3 is 2.17 bits per heavy atom. The van der Waals surface area contributed by atoms with Crippen molar-refractivity contribution in [2.45, 2.75) is 83.1 Å². The molecule has 1 spiro atoms. The molecular formula is C33H38O8. The number of benzene rings is 2. The lowest BCUT2D eigenvalue weighted by Gasteiger charge is -2.62. The normalized spacial score (nSPS) is 35.4. The molecule has 41 heavy (non-hydrogen) atoms. The van der Waals surface area contributed by atoms with Crippen LogP contribution in [0.4, 0.5) is 0 Å². The van der Waals surface area contributed by atoms with E-state index in [1.807, 2.05) is 58.0 Å². The molecule has 1 saturated heterocycles. The van der Waals surface area contributed by atoms with Crippen LogP contribution in [0.15, 0.2) is 66.7 Å². The lowest BCUT2D eigenvalue weighted by Crippen LogP contribution is -2.76. The summed E-state index contributed by atoms with van der Waals surface area (Å²) in [7, 11) is 0. The van der Waals surface area contributed by atoms with Crippen LogP contribution < -0.4 is 0 Å². The van der Waals surface area contributed by atoms with Gasteiger partial charge in [-0.2, -0.15) is 0 Å². The SMILES string of the molecule is CC(=O)O[C@@H]1[C@H]2[C@@H](O)[C@@H](OC(=O)c3ccccc3)[C@]3(C)[C@@H](OC(=O)C=Cc4ccccc4)CC[C@@H](C)[C@@]13OC2(C)C. The van der Waals surface area contributed by atoms with Crippen LogP contribution in [-0.4, -0.2) is 58.6 Å². The molecule has 2 aromatic carbocycles. The van der Waals surface area contributed by atoms with E-state index >= 15 is 0 Å². The van der Waals surface area contributed by atoms with Gasteiger partial charge in [-0.3, -0.25) is 4.79 Å². The molecule has 2 aliphatic carbocycles. The molecule has 0 aromatic heterocycles. The molecule has 218 valence electrons. The minimum atomic E-state index is -1.27. The number of esters is 3. The second kappa shape index (κ2) is 10.7. The van der Waals surface area contributed by atoms with Gasteiger partial charge in [0.25, 0.3) is 0 Å². The van der Waals surface area contributed by atoms with Crippen LogP contribution in [0, 0.1) is 17.3 Å². The number of ether oxygens (including phenoxy) is 4. The number of aliphatic hydroxyl groups excluding tert-OH is 1. The van der Waals surface area contributed by atoms with Gasteiger partial charge in [-0.05, 0) is 63.3 Å². The fourth-order valence-electron chi connectivity index (χ4n) is 7.61. The number of rotatable bonds is 6. The van der Waals surface area contributed by atoms with E-state index in [0.29, 0.717) is 18.4 Å². The topological polar surface area (TPSA) is 108 Å². The van der Waals surface area contributed by atoms with E-state index in [1.165, 1.54) is 13.0 Å². The number of carbonyl (C=O) groups is 3. The average molecular weight is 563 g/mol. The van der Waals surface area contributed by atoms with Crippen molar-refractivity contribution in [3.63, 3.8) is 0 Å². The first-order chi connectivity index (χ1) is 19.4. The van der Waals surface area contributed by atoms with Crippen LogP contribution in [0.5, 0.6) is 0 Å². The number of carbonyl (C=O) groups excluding carboxylic acids is 3. The zero-order valence-electron chi connectivity index (χ0n) is 24.1. The van der Waals surface area contributed by atoms with Crippen LogP contribution >= 0.6 is 0 Å². The lowest BCUT2D eigenvalue weighted by molar-refractivity contribution is -0.297. The molecule has 8 heteroatoms. The first-order valence-corrected chi connectivity index (χ1v) is 14.2. The Hall–Kier alpha value is -3.49. The Kier molecular flexibility index (Phi) is 7.59. The fraction of sp³-hybridized carbons (Fsp3) is 0.485. The molecule has 2 bridgehead atoms. The largest absolute Gasteiger partial charge is 0.459 e. The summed E-state index contributed by atoms with van der Waals surface area (Å²) in [6.45, 7) is 8.85. The van der Waals surface area contributed by atoms with Crippen LogP contribution in [0.3, 0.4) is 0 Å². The summed E-state index contributed by atoms with van der Waals surface area (Å²) in [5.74, 6) is -2.56. The number of hydrogen-bond donors (Lipinski definition) is 1. The number of aliphatic hydroxyl groups is 1. The summed E-state index contributed by atoms with van der Waals surface area (Å²) >= 11 is 0. The molecule has 1 aliphatic heterocycles. The summed E-state index contributed by atoms with van der Waals surface area (Å²) in [4.78, 5) is 39.0. The summed E-state index contributed by atoms with van der Waals surface area (Å²) in [6.07, 6.45) is 0.0204. The van der Waals surface area contributed by atoms with Gasteiger partial charge in [-0.1, -0.05) is 55.5 Å². The van der Waals surface area contributed by atoms with Crippen molar-refractivity contribution >= 4 is 24.0 Å². The van der Waals surface area contributed by atoms with Crippen LogP contribution in [0.25, 0.3) is 6.08 Å². The van der Waals surface area contributed by atoms with E-state index in [2.05, 4.69) is 0 Å². The van der Waals surface area contributed by atoms with E-state index in [1.54, 1.807) is 36.4 Å². The van der Waals surface area contributed by atoms with Gasteiger partial charge in [0.2, 0.25) is 0 Å². The number of hydrogen-bond acceptors (Lipinski definition) is 8. The van der Waals surface area contributed by atoms with Gasteiger partial charge in [-0.15, -0.1) is 0 Å². The monoisotopic (exact) mass is 562 g/mol. The maximum atomic E-state index is 13.4. The van der Waals surface area contributed by atoms with Crippen molar-refractivity contribution < 1.29 is 38.4 Å². The third kappa shape index (κ3) is 4.77. The maximum absolute atomic E-state index is 13.4. The standard InChI is InChI=1S/C33H38O8/c1-20-16-18-24(39-25(35)19-17-22-12-8-6-9-13-22)32(5)29(40-30(37)23-14-10-7-11-15-23)27(36)26-28(38-21(2)34)33(20,32)41-31(26,3)4/h6-15,17,19-20,24,26-29,36H,16,18H2,1-5H3/t20-,24+,26-,27-,28-,29-,32+,33-/m1/s1. The van der Waals surface area contributed by atoms with Crippen LogP contribution in [0.1, 0.15) is 63.4 Å². The molecule has 3 aliphatic rings. The van der Waals surface area contributed by atoms with E-state index in [9.17, 15) is 19.5 Å². The molecule has 8 nitrogen and oxygen atoms in total. The van der Waals surface area contributed by atoms with E-state index in [4.69, 9.17) is 18.9 Å². The first-order valence-electron chi connectivity index (χ1n) is 14.2. The maximum Gasteiger partial charge on any atom is 0.338 e. The minimum absolute atomic E-state index is 0.179. The Morgan fingerprint density at radius 2 is 1.54 bits per heavy atom. The van der Waals surface area contributed by atoms with Crippen LogP contribution in [-0.2, 0) is 28.5 Å². The third-order valence-electron chi connectivity index (χ3n) is 9.36. The highest BCUT2D eigenvalue weighted by molar-refractivity contribution is 5.89. The molecule has 0 radical (unpaired) electrons. The van der Waals surface area contributed by atoms with Gasteiger partial charge in [0.05, 0.1) is 22.5 Å². The molecule has 8 atom stereocenters. The van der Waals surface area contributed by atoms with Crippen molar-refractivity contribution in [3.05, 3.63) is 77.9 Å². The Labute approximate surface area is 240 Å². The van der Waals surface area contributed by atoms with Gasteiger partial charge in [0.1, 0.15) is 30.0 Å². The third-order valence-corrected chi connectivity index (χ3v) is 9.36. The molecule has 2 aromatic rings. The highest BCUT2D eigenvalue weighted by Gasteiger charge is 2.81. The fourth-order valence-corrected chi connectivity index (χ4v) is 7.61. The second-order valence-corrected chi connectivity index (χ2v) is 12.2. The predicted molar refractivity (Wildman–Crippen MR) is 150 cm³/mol. The molecule has 2 saturated carbocycles. The summed E-state index contributed by atoms with van der Waals surface area (Å²) in [5, 5.41) is 12.0. The average Bonchev–Trinajstić information content (AvgIpc) is 3.15. The van der Waals surface area contributed by atoms with Gasteiger partial charge in [-0.25, -0.2) is 9.59 Å². The first kappa shape index (κ1) is 29.0.